The summed E-state index contributed by atoms with van der Waals surface area (Å²) >= 11 is 0.926. The van der Waals surface area contributed by atoms with Gasteiger partial charge >= 0.3 is 5.97 Å². The van der Waals surface area contributed by atoms with Crippen LogP contribution in [0.3, 0.4) is 0 Å². The van der Waals surface area contributed by atoms with Crippen molar-refractivity contribution in [3.05, 3.63) is 12.7 Å². The molecular formula is C35H58N8O11S. The first-order valence-electron chi connectivity index (χ1n) is 18.1. The second kappa shape index (κ2) is 25.6. The van der Waals surface area contributed by atoms with Crippen LogP contribution in [0.1, 0.15) is 59.8 Å². The van der Waals surface area contributed by atoms with Crippen molar-refractivity contribution in [3.63, 3.8) is 0 Å². The molecule has 55 heavy (non-hydrogen) atoms. The van der Waals surface area contributed by atoms with Crippen LogP contribution in [0.25, 0.3) is 0 Å². The number of carbonyl (C=O) groups is 9. The van der Waals surface area contributed by atoms with Crippen molar-refractivity contribution in [2.75, 3.05) is 50.9 Å². The second-order valence-electron chi connectivity index (χ2n) is 13.6. The van der Waals surface area contributed by atoms with Crippen LogP contribution >= 0.6 is 11.8 Å². The largest absolute Gasteiger partial charge is 0.481 e. The monoisotopic (exact) mass is 798 g/mol. The summed E-state index contributed by atoms with van der Waals surface area (Å²) in [4.78, 5) is 116. The topological polar surface area (TPSA) is 299 Å². The van der Waals surface area contributed by atoms with Crippen molar-refractivity contribution < 1.29 is 53.0 Å². The maximum Gasteiger partial charge on any atom is 0.303 e. The van der Waals surface area contributed by atoms with E-state index in [9.17, 15) is 48.3 Å². The molecule has 1 aliphatic heterocycles. The third kappa shape index (κ3) is 19.2. The lowest BCUT2D eigenvalue weighted by atomic mass is 9.98. The zero-order valence-electron chi connectivity index (χ0n) is 32.1. The number of hydrogen-bond acceptors (Lipinski definition) is 13. The molecule has 1 heterocycles. The first-order valence-corrected chi connectivity index (χ1v) is 19.3. The van der Waals surface area contributed by atoms with E-state index in [1.54, 1.807) is 13.8 Å². The predicted molar refractivity (Wildman–Crippen MR) is 203 cm³/mol. The fraction of sp³-hybridized carbons (Fsp3) is 0.686. The summed E-state index contributed by atoms with van der Waals surface area (Å²) in [5, 5.41) is 22.0. The number of primary amides is 1. The highest BCUT2D eigenvalue weighted by Crippen LogP contribution is 2.11. The van der Waals surface area contributed by atoms with Crippen LogP contribution in [0, 0.1) is 11.8 Å². The van der Waals surface area contributed by atoms with E-state index in [0.717, 1.165) is 11.8 Å². The molecule has 0 saturated carbocycles. The molecule has 0 aliphatic carbocycles. The Morgan fingerprint density at radius 1 is 0.836 bits per heavy atom. The Labute approximate surface area is 325 Å². The number of Topliss-reactive ketones (excluding diaryl/α,β-unsaturated/α-hetero) is 2. The lowest BCUT2D eigenvalue weighted by Gasteiger charge is -2.29. The Morgan fingerprint density at radius 3 is 1.98 bits per heavy atom. The van der Waals surface area contributed by atoms with Crippen LogP contribution in [0.15, 0.2) is 12.7 Å². The number of nitrogens with two attached hydrogens (primary N) is 2. The number of carboxylic acids is 1. The smallest absolute Gasteiger partial charge is 0.303 e. The lowest BCUT2D eigenvalue weighted by molar-refractivity contribution is -0.138. The van der Waals surface area contributed by atoms with Crippen molar-refractivity contribution in [1.82, 2.24) is 31.5 Å². The molecule has 0 aromatic carbocycles. The number of hydrogen-bond donors (Lipinski definition) is 8. The lowest BCUT2D eigenvalue weighted by Crippen LogP contribution is -2.59. The summed E-state index contributed by atoms with van der Waals surface area (Å²) in [6, 6.07) is -6.12. The minimum Gasteiger partial charge on any atom is -0.481 e. The molecule has 20 heteroatoms. The summed E-state index contributed by atoms with van der Waals surface area (Å²) in [5.41, 5.74) is 11.0. The molecule has 19 nitrogen and oxygen atoms in total. The number of morpholine rings is 1. The average molecular weight is 799 g/mol. The maximum atomic E-state index is 13.7. The molecule has 0 aromatic heterocycles. The molecule has 0 bridgehead atoms. The molecule has 0 aromatic rings. The molecule has 0 radical (unpaired) electrons. The van der Waals surface area contributed by atoms with E-state index < -0.39 is 96.3 Å². The number of allylic oxidation sites excluding steroid dienone is 1. The van der Waals surface area contributed by atoms with Gasteiger partial charge < -0.3 is 47.9 Å². The molecule has 10 N–H and O–H groups in total. The zero-order chi connectivity index (χ0) is 41.7. The highest BCUT2D eigenvalue weighted by molar-refractivity contribution is 8.00. The third-order valence-electron chi connectivity index (χ3n) is 8.52. The van der Waals surface area contributed by atoms with Gasteiger partial charge in [0.1, 0.15) is 30.0 Å². The molecule has 6 amide bonds. The van der Waals surface area contributed by atoms with Crippen molar-refractivity contribution in [2.24, 2.45) is 23.3 Å². The normalized spacial score (nSPS) is 16.3. The molecule has 0 spiro atoms. The van der Waals surface area contributed by atoms with Gasteiger partial charge in [-0.1, -0.05) is 26.8 Å². The maximum absolute atomic E-state index is 13.7. The third-order valence-corrected chi connectivity index (χ3v) is 9.55. The molecule has 1 aliphatic rings. The van der Waals surface area contributed by atoms with Crippen LogP contribution in [0.4, 0.5) is 0 Å². The molecule has 6 atom stereocenters. The summed E-state index contributed by atoms with van der Waals surface area (Å²) < 4.78 is 5.33. The SMILES string of the molecule is C=CCC(=O)C[C@@H](C)C(=O)N[C@H](C(=O)N[C@@H](CCC(=O)O)C(=O)N[C@@H](CSCC(=O)N[C@@H](CN1CCOCC1)C(C)=O)C(=O)N[C@@H](CCN)C(N)=O)C(C)C. The summed E-state index contributed by atoms with van der Waals surface area (Å²) in [7, 11) is 0. The van der Waals surface area contributed by atoms with Gasteiger partial charge in [-0.25, -0.2) is 0 Å². The number of ketones is 2. The van der Waals surface area contributed by atoms with Gasteiger partial charge in [0.2, 0.25) is 35.4 Å². The number of rotatable bonds is 27. The van der Waals surface area contributed by atoms with E-state index in [4.69, 9.17) is 16.2 Å². The fourth-order valence-corrected chi connectivity index (χ4v) is 6.17. The molecule has 1 rings (SSSR count). The minimum atomic E-state index is -1.51. The average Bonchev–Trinajstić information content (AvgIpc) is 3.11. The summed E-state index contributed by atoms with van der Waals surface area (Å²) in [6.07, 6.45) is 0.405. The molecule has 1 saturated heterocycles. The van der Waals surface area contributed by atoms with Crippen LogP contribution in [0.5, 0.6) is 0 Å². The number of carboxylic acid groups (broad SMARTS) is 1. The fourth-order valence-electron chi connectivity index (χ4n) is 5.31. The van der Waals surface area contributed by atoms with E-state index in [0.29, 0.717) is 26.3 Å². The van der Waals surface area contributed by atoms with Gasteiger partial charge in [0, 0.05) is 50.6 Å². The van der Waals surface area contributed by atoms with Gasteiger partial charge in [-0.2, -0.15) is 0 Å². The van der Waals surface area contributed by atoms with Crippen LogP contribution < -0.4 is 38.1 Å². The van der Waals surface area contributed by atoms with Crippen molar-refractivity contribution in [2.45, 2.75) is 90.0 Å². The number of amides is 6. The van der Waals surface area contributed by atoms with Crippen molar-refractivity contribution >= 4 is 64.7 Å². The minimum absolute atomic E-state index is 0.0115. The highest BCUT2D eigenvalue weighted by Gasteiger charge is 2.33. The van der Waals surface area contributed by atoms with E-state index in [1.165, 1.54) is 19.9 Å². The van der Waals surface area contributed by atoms with Gasteiger partial charge in [0.05, 0.1) is 25.0 Å². The Kier molecular flexibility index (Phi) is 22.7. The quantitative estimate of drug-likeness (QED) is 0.0402. The van der Waals surface area contributed by atoms with Crippen LogP contribution in [-0.2, 0) is 47.9 Å². The van der Waals surface area contributed by atoms with Gasteiger partial charge in [-0.05, 0) is 32.2 Å². The number of aliphatic carboxylic acids is 1. The Balaban J connectivity index is 3.18. The van der Waals surface area contributed by atoms with Crippen LogP contribution in [0.2, 0.25) is 0 Å². The molecule has 310 valence electrons. The summed E-state index contributed by atoms with van der Waals surface area (Å²) in [5.74, 6) is -8.17. The Bertz CT molecular complexity index is 1380. The number of nitrogens with one attached hydrogen (secondary N) is 5. The van der Waals surface area contributed by atoms with Crippen molar-refractivity contribution in [3.8, 4) is 0 Å². The van der Waals surface area contributed by atoms with Gasteiger partial charge in [0.15, 0.2) is 5.78 Å². The second-order valence-corrected chi connectivity index (χ2v) is 14.7. The standard InChI is InChI=1S/C35H58N8O11S/c1-6-7-23(45)16-21(4)32(50)42-30(20(2)3)35(53)40-25(8-9-29(47)48)33(51)41-27(34(52)39-24(10-11-36)31(37)49)18-55-19-28(46)38-26(22(5)44)17-43-12-14-54-15-13-43/h6,20-21,24-27,30H,1,7-19,36H2,2-5H3,(H2,37,49)(H,38,46)(H,39,52)(H,40,53)(H,41,51)(H,42,50)(H,47,48)/t21-,24+,25+,26+,27+,30+/m1/s1. The van der Waals surface area contributed by atoms with Crippen LogP contribution in [-0.4, -0.2) is 144 Å². The predicted octanol–water partition coefficient (Wildman–Crippen LogP) is -2.41. The Morgan fingerprint density at radius 2 is 1.44 bits per heavy atom. The number of carbonyl (C=O) groups excluding carboxylic acids is 8. The van der Waals surface area contributed by atoms with Crippen molar-refractivity contribution in [1.29, 1.82) is 0 Å². The highest BCUT2D eigenvalue weighted by atomic mass is 32.2. The summed E-state index contributed by atoms with van der Waals surface area (Å²) in [6.45, 7) is 12.1. The van der Waals surface area contributed by atoms with E-state index >= 15 is 0 Å². The number of thioether (sulfide) groups is 1. The van der Waals surface area contributed by atoms with Gasteiger partial charge in [-0.15, -0.1) is 18.3 Å². The van der Waals surface area contributed by atoms with E-state index in [2.05, 4.69) is 33.2 Å². The van der Waals surface area contributed by atoms with E-state index in [1.807, 2.05) is 4.90 Å². The molecule has 1 fully saturated rings. The first-order chi connectivity index (χ1) is 25.9. The number of nitrogens with zero attached hydrogens (tertiary/aromatic N) is 1. The van der Waals surface area contributed by atoms with Gasteiger partial charge in [-0.3, -0.25) is 48.1 Å². The van der Waals surface area contributed by atoms with Gasteiger partial charge in [0.25, 0.3) is 0 Å². The number of ether oxygens (including phenoxy) is 1. The zero-order valence-corrected chi connectivity index (χ0v) is 32.9. The molecule has 0 unspecified atom stereocenters. The molecular weight excluding hydrogens is 740 g/mol. The van der Waals surface area contributed by atoms with E-state index in [-0.39, 0.29) is 55.4 Å². The Hall–Kier alpha value is -4.40. The first kappa shape index (κ1) is 48.6.